The smallest absolute Gasteiger partial charge is 0.164 e. The normalized spacial score (nSPS) is 12.5. The van der Waals surface area contributed by atoms with E-state index < -0.39 is 0 Å². The molecule has 4 nitrogen and oxygen atoms in total. The molecule has 0 aliphatic rings. The minimum atomic E-state index is -0.337. The number of hydrogen-bond acceptors (Lipinski definition) is 5. The van der Waals surface area contributed by atoms with Crippen LogP contribution in [0.1, 0.15) is 99.1 Å². The fraction of sp³-hybridized carbons (Fsp3) is 0.378. The number of fused-ring (bicyclic) bond motifs is 3. The summed E-state index contributed by atoms with van der Waals surface area (Å²) >= 11 is 1.78. The largest absolute Gasteiger partial charge is 0.512 e. The second kappa shape index (κ2) is 16.0. The molecule has 0 amide bonds. The van der Waals surface area contributed by atoms with Crippen LogP contribution in [0.2, 0.25) is 0 Å². The molecule has 0 atom stereocenters. The molecule has 3 heterocycles. The molecule has 0 aliphatic heterocycles. The van der Waals surface area contributed by atoms with E-state index in [0.717, 1.165) is 64.6 Å². The van der Waals surface area contributed by atoms with Crippen LogP contribution in [0, 0.1) is 23.8 Å². The van der Waals surface area contributed by atoms with Gasteiger partial charge in [0.05, 0.1) is 0 Å². The predicted molar refractivity (Wildman–Crippen MR) is 213 cm³/mol. The van der Waals surface area contributed by atoms with Crippen molar-refractivity contribution >= 4 is 48.9 Å². The summed E-state index contributed by atoms with van der Waals surface area (Å²) in [5.41, 5.74) is 5.68. The number of pyridine rings is 1. The predicted octanol–water partition coefficient (Wildman–Crippen LogP) is 13.6. The van der Waals surface area contributed by atoms with Crippen LogP contribution in [0.5, 0.6) is 0 Å². The zero-order valence-corrected chi connectivity index (χ0v) is 35.0. The van der Waals surface area contributed by atoms with Gasteiger partial charge in [-0.1, -0.05) is 91.5 Å². The maximum absolute atomic E-state index is 12.2. The number of furan rings is 1. The number of aliphatic hydroxyl groups is 1. The van der Waals surface area contributed by atoms with E-state index in [0.29, 0.717) is 0 Å². The van der Waals surface area contributed by atoms with Crippen LogP contribution in [0.4, 0.5) is 0 Å². The Morgan fingerprint density at radius 2 is 1.55 bits per heavy atom. The van der Waals surface area contributed by atoms with Crippen molar-refractivity contribution in [2.45, 2.75) is 100 Å². The molecule has 6 rings (SSSR count). The molecule has 0 saturated carbocycles. The fourth-order valence-electron chi connectivity index (χ4n) is 6.27. The third-order valence-electron chi connectivity index (χ3n) is 10.9. The van der Waals surface area contributed by atoms with Gasteiger partial charge in [-0.3, -0.25) is 9.78 Å². The van der Waals surface area contributed by atoms with Crippen LogP contribution in [-0.4, -0.2) is 15.9 Å². The van der Waals surface area contributed by atoms with Crippen LogP contribution in [0.15, 0.2) is 88.5 Å². The molecule has 0 saturated heterocycles. The number of aryl methyl sites for hydroxylation is 1. The summed E-state index contributed by atoms with van der Waals surface area (Å²) < 4.78 is 7.76. The first kappa shape index (κ1) is 40.2. The first-order valence-electron chi connectivity index (χ1n) is 18.0. The Bertz CT molecular complexity index is 2170. The molecule has 1 N–H and O–H groups in total. The first-order valence-corrected chi connectivity index (χ1v) is 18.8. The summed E-state index contributed by atoms with van der Waals surface area (Å²) in [6.07, 6.45) is 6.62. The van der Waals surface area contributed by atoms with Gasteiger partial charge in [0.15, 0.2) is 5.78 Å². The number of carbonyl (C=O) groups is 1. The second-order valence-corrected chi connectivity index (χ2v) is 16.1. The van der Waals surface area contributed by atoms with Crippen LogP contribution in [0.3, 0.4) is 0 Å². The van der Waals surface area contributed by atoms with Crippen LogP contribution in [-0.2, 0) is 30.3 Å². The zero-order valence-electron chi connectivity index (χ0n) is 31.8. The number of ketones is 1. The van der Waals surface area contributed by atoms with Crippen molar-refractivity contribution in [3.8, 4) is 22.6 Å². The summed E-state index contributed by atoms with van der Waals surface area (Å²) in [7, 11) is 0. The topological polar surface area (TPSA) is 63.3 Å². The summed E-state index contributed by atoms with van der Waals surface area (Å²) in [6, 6.07) is 25.0. The van der Waals surface area contributed by atoms with Crippen LogP contribution in [0.25, 0.3) is 54.4 Å². The third-order valence-corrected chi connectivity index (χ3v) is 12.0. The Balaban J connectivity index is 0.000000279. The van der Waals surface area contributed by atoms with Gasteiger partial charge in [0.1, 0.15) is 17.1 Å². The Morgan fingerprint density at radius 3 is 2.20 bits per heavy atom. The van der Waals surface area contributed by atoms with E-state index in [1.807, 2.05) is 53.8 Å². The standard InChI is InChI=1S/C30H24NOS.C15H28O2.Ir/c1-18-17-33-27-10-9-20(14-24(18)27)26-16-21-11-12-31-28(29(21)32-26)22-13-19-7-5-6-8-23(19)25(15-22)30(2,3)4;1-7-14(5,8-2)12(16)11-13(17)15(6,9-3)10-4;/h5-12,14-17H,1-4H3;11,16H,7-10H2,1-6H3;/q-1;;/b;12-11-;. The van der Waals surface area contributed by atoms with Crippen molar-refractivity contribution in [2.24, 2.45) is 10.8 Å². The number of aliphatic hydroxyl groups excluding tert-OH is 1. The van der Waals surface area contributed by atoms with E-state index in [1.165, 1.54) is 32.7 Å². The van der Waals surface area contributed by atoms with Crippen LogP contribution >= 0.6 is 11.3 Å². The molecule has 51 heavy (non-hydrogen) atoms. The molecule has 0 bridgehead atoms. The Morgan fingerprint density at radius 1 is 0.882 bits per heavy atom. The van der Waals surface area contributed by atoms with Crippen molar-refractivity contribution in [1.82, 2.24) is 4.98 Å². The van der Waals surface area contributed by atoms with Gasteiger partial charge in [-0.15, -0.1) is 40.5 Å². The first-order chi connectivity index (χ1) is 23.7. The van der Waals surface area contributed by atoms with Gasteiger partial charge in [-0.25, -0.2) is 0 Å². The number of thiophene rings is 1. The molecule has 6 aromatic rings. The number of rotatable bonds is 9. The summed E-state index contributed by atoms with van der Waals surface area (Å²) in [6.45, 7) is 21.0. The van der Waals surface area contributed by atoms with E-state index in [9.17, 15) is 9.90 Å². The van der Waals surface area contributed by atoms with Gasteiger partial charge in [-0.05, 0) is 84.7 Å². The molecular weight excluding hydrogens is 827 g/mol. The number of nitrogens with zero attached hydrogens (tertiary/aromatic N) is 1. The quantitative estimate of drug-likeness (QED) is 0.0893. The van der Waals surface area contributed by atoms with Gasteiger partial charge >= 0.3 is 0 Å². The number of carbonyl (C=O) groups excluding carboxylic acids is 1. The minimum Gasteiger partial charge on any atom is -0.512 e. The van der Waals surface area contributed by atoms with E-state index in [2.05, 4.69) is 93.7 Å². The number of allylic oxidation sites excluding steroid dienone is 2. The van der Waals surface area contributed by atoms with Gasteiger partial charge in [0, 0.05) is 64.6 Å². The molecule has 0 spiro atoms. The molecule has 0 fully saturated rings. The van der Waals surface area contributed by atoms with E-state index >= 15 is 0 Å². The average Bonchev–Trinajstić information content (AvgIpc) is 3.73. The average molecular weight is 879 g/mol. The van der Waals surface area contributed by atoms with Gasteiger partial charge < -0.3 is 9.52 Å². The molecule has 271 valence electrons. The second-order valence-electron chi connectivity index (χ2n) is 15.1. The Labute approximate surface area is 321 Å². The summed E-state index contributed by atoms with van der Waals surface area (Å²) in [4.78, 5) is 16.9. The Hall–Kier alpha value is -3.57. The van der Waals surface area contributed by atoms with Gasteiger partial charge in [-0.2, -0.15) is 0 Å². The van der Waals surface area contributed by atoms with Crippen LogP contribution < -0.4 is 0 Å². The number of hydrogen-bond donors (Lipinski definition) is 1. The van der Waals surface area contributed by atoms with Crippen molar-refractivity contribution < 1.29 is 34.4 Å². The molecule has 3 aromatic heterocycles. The van der Waals surface area contributed by atoms with E-state index in [1.54, 1.807) is 11.3 Å². The minimum absolute atomic E-state index is 0. The molecule has 3 aromatic carbocycles. The number of benzene rings is 3. The zero-order chi connectivity index (χ0) is 36.4. The van der Waals surface area contributed by atoms with Crippen molar-refractivity contribution in [3.63, 3.8) is 0 Å². The third kappa shape index (κ3) is 8.25. The molecule has 0 unspecified atom stereocenters. The van der Waals surface area contributed by atoms with E-state index in [-0.39, 0.29) is 47.9 Å². The molecule has 1 radical (unpaired) electrons. The van der Waals surface area contributed by atoms with E-state index in [4.69, 9.17) is 9.40 Å². The molecular formula is C45H52IrNO3S-. The Kier molecular flexibility index (Phi) is 12.6. The summed E-state index contributed by atoms with van der Waals surface area (Å²) in [5.74, 6) is 1.15. The maximum atomic E-state index is 12.2. The fourth-order valence-corrected chi connectivity index (χ4v) is 7.19. The van der Waals surface area contributed by atoms with Gasteiger partial charge in [0.2, 0.25) is 0 Å². The van der Waals surface area contributed by atoms with Gasteiger partial charge in [0.25, 0.3) is 0 Å². The van der Waals surface area contributed by atoms with Crippen molar-refractivity contribution in [1.29, 1.82) is 0 Å². The monoisotopic (exact) mass is 879 g/mol. The number of aromatic nitrogens is 1. The molecule has 0 aliphatic carbocycles. The maximum Gasteiger partial charge on any atom is 0.164 e. The molecule has 6 heteroatoms. The van der Waals surface area contributed by atoms with Crippen molar-refractivity contribution in [3.05, 3.63) is 101 Å². The SMILES string of the molecule is CCC(C)(CC)C(=O)/C=C(\O)C(C)(CC)CC.Cc1csc2ccc(-c3cc4ccnc(-c5[c-]c6ccccc6c(C(C)(C)C)c5)c4o3)cc12.[Ir]. The van der Waals surface area contributed by atoms with Crippen molar-refractivity contribution in [2.75, 3.05) is 0 Å². The summed E-state index contributed by atoms with van der Waals surface area (Å²) in [5, 5.41) is 17.0.